The highest BCUT2D eigenvalue weighted by atomic mass is 35.5. The van der Waals surface area contributed by atoms with Crippen LogP contribution in [0.1, 0.15) is 33.1 Å². The van der Waals surface area contributed by atoms with E-state index in [1.807, 2.05) is 13.8 Å². The zero-order valence-corrected chi connectivity index (χ0v) is 13.1. The van der Waals surface area contributed by atoms with Crippen LogP contribution < -0.4 is 15.4 Å². The summed E-state index contributed by atoms with van der Waals surface area (Å²) >= 11 is 0. The van der Waals surface area contributed by atoms with Gasteiger partial charge < -0.3 is 15.4 Å². The standard InChI is InChI=1S/C15H21FN2O2.ClH/c1-10(2)20-12-5-6-14(13(16)9-12)18-15(19)8-11-4-3-7-17-11;/h5-6,9-11,17H,3-4,7-8H2,1-2H3,(H,18,19);1H. The molecule has 1 heterocycles. The molecule has 118 valence electrons. The van der Waals surface area contributed by atoms with Gasteiger partial charge in [0.15, 0.2) is 0 Å². The molecule has 4 nitrogen and oxygen atoms in total. The Bertz CT molecular complexity index is 477. The molecule has 1 aliphatic heterocycles. The second-order valence-corrected chi connectivity index (χ2v) is 5.35. The minimum Gasteiger partial charge on any atom is -0.491 e. The molecule has 21 heavy (non-hydrogen) atoms. The first kappa shape index (κ1) is 17.7. The van der Waals surface area contributed by atoms with Gasteiger partial charge in [0.2, 0.25) is 5.91 Å². The summed E-state index contributed by atoms with van der Waals surface area (Å²) in [5, 5.41) is 5.85. The largest absolute Gasteiger partial charge is 0.491 e. The van der Waals surface area contributed by atoms with E-state index in [9.17, 15) is 9.18 Å². The molecule has 1 amide bonds. The average molecular weight is 317 g/mol. The number of halogens is 2. The first-order chi connectivity index (χ1) is 9.54. The highest BCUT2D eigenvalue weighted by Gasteiger charge is 2.18. The Hall–Kier alpha value is -1.33. The van der Waals surface area contributed by atoms with Gasteiger partial charge in [0, 0.05) is 18.5 Å². The van der Waals surface area contributed by atoms with E-state index in [4.69, 9.17) is 4.74 Å². The van der Waals surface area contributed by atoms with E-state index in [-0.39, 0.29) is 36.1 Å². The fourth-order valence-corrected chi connectivity index (χ4v) is 2.30. The van der Waals surface area contributed by atoms with Crippen molar-refractivity contribution in [1.82, 2.24) is 5.32 Å². The molecule has 0 saturated carbocycles. The fourth-order valence-electron chi connectivity index (χ4n) is 2.30. The number of amides is 1. The predicted octanol–water partition coefficient (Wildman–Crippen LogP) is 3.12. The summed E-state index contributed by atoms with van der Waals surface area (Å²) < 4.78 is 19.3. The van der Waals surface area contributed by atoms with Crippen LogP contribution in [0.5, 0.6) is 5.75 Å². The molecule has 2 N–H and O–H groups in total. The number of benzene rings is 1. The smallest absolute Gasteiger partial charge is 0.226 e. The van der Waals surface area contributed by atoms with Crippen LogP contribution in [0, 0.1) is 5.82 Å². The Morgan fingerprint density at radius 1 is 1.52 bits per heavy atom. The van der Waals surface area contributed by atoms with Gasteiger partial charge in [-0.25, -0.2) is 4.39 Å². The van der Waals surface area contributed by atoms with Gasteiger partial charge in [0.25, 0.3) is 0 Å². The normalized spacial score (nSPS) is 17.4. The molecule has 0 aliphatic carbocycles. The first-order valence-corrected chi connectivity index (χ1v) is 7.04. The molecule has 1 aromatic carbocycles. The molecular weight excluding hydrogens is 295 g/mol. The van der Waals surface area contributed by atoms with Crippen LogP contribution in [-0.2, 0) is 4.79 Å². The number of carbonyl (C=O) groups is 1. The van der Waals surface area contributed by atoms with Crippen LogP contribution in [0.3, 0.4) is 0 Å². The molecule has 0 spiro atoms. The Morgan fingerprint density at radius 2 is 2.29 bits per heavy atom. The first-order valence-electron chi connectivity index (χ1n) is 7.04. The number of carbonyl (C=O) groups excluding carboxylic acids is 1. The summed E-state index contributed by atoms with van der Waals surface area (Å²) in [6.45, 7) is 4.71. The van der Waals surface area contributed by atoms with Crippen molar-refractivity contribution in [3.8, 4) is 5.75 Å². The SMILES string of the molecule is CC(C)Oc1ccc(NC(=O)CC2CCCN2)c(F)c1.Cl. The van der Waals surface area contributed by atoms with E-state index in [1.54, 1.807) is 6.07 Å². The van der Waals surface area contributed by atoms with E-state index in [0.29, 0.717) is 12.2 Å². The third-order valence-corrected chi connectivity index (χ3v) is 3.18. The van der Waals surface area contributed by atoms with E-state index >= 15 is 0 Å². The number of hydrogen-bond donors (Lipinski definition) is 2. The van der Waals surface area contributed by atoms with E-state index in [0.717, 1.165) is 19.4 Å². The summed E-state index contributed by atoms with van der Waals surface area (Å²) in [6, 6.07) is 4.70. The van der Waals surface area contributed by atoms with Gasteiger partial charge in [-0.1, -0.05) is 0 Å². The Labute approximate surface area is 130 Å². The molecule has 1 fully saturated rings. The quantitative estimate of drug-likeness (QED) is 0.877. The Kier molecular flexibility index (Phi) is 6.92. The van der Waals surface area contributed by atoms with Crippen molar-refractivity contribution in [2.75, 3.05) is 11.9 Å². The third-order valence-electron chi connectivity index (χ3n) is 3.18. The zero-order valence-electron chi connectivity index (χ0n) is 12.3. The fraction of sp³-hybridized carbons (Fsp3) is 0.533. The molecule has 0 aromatic heterocycles. The summed E-state index contributed by atoms with van der Waals surface area (Å²) in [5.74, 6) is -0.176. The lowest BCUT2D eigenvalue weighted by Crippen LogP contribution is -2.27. The van der Waals surface area contributed by atoms with Crippen LogP contribution in [-0.4, -0.2) is 24.6 Å². The highest BCUT2D eigenvalue weighted by molar-refractivity contribution is 5.91. The van der Waals surface area contributed by atoms with Crippen LogP contribution >= 0.6 is 12.4 Å². The second-order valence-electron chi connectivity index (χ2n) is 5.35. The molecule has 1 aromatic rings. The molecule has 6 heteroatoms. The number of anilines is 1. The summed E-state index contributed by atoms with van der Waals surface area (Å²) in [6.07, 6.45) is 2.46. The molecule has 0 radical (unpaired) electrons. The van der Waals surface area contributed by atoms with E-state index in [1.165, 1.54) is 12.1 Å². The maximum atomic E-state index is 13.9. The Morgan fingerprint density at radius 3 is 2.86 bits per heavy atom. The lowest BCUT2D eigenvalue weighted by molar-refractivity contribution is -0.116. The minimum atomic E-state index is -0.476. The van der Waals surface area contributed by atoms with E-state index < -0.39 is 5.82 Å². The molecule has 1 aliphatic rings. The summed E-state index contributed by atoms with van der Waals surface area (Å²) in [7, 11) is 0. The van der Waals surface area contributed by atoms with Gasteiger partial charge in [-0.2, -0.15) is 0 Å². The Balaban J connectivity index is 0.00000220. The second kappa shape index (κ2) is 8.20. The van der Waals surface area contributed by atoms with Crippen LogP contribution in [0.25, 0.3) is 0 Å². The van der Waals surface area contributed by atoms with Gasteiger partial charge in [0.1, 0.15) is 11.6 Å². The zero-order chi connectivity index (χ0) is 14.5. The van der Waals surface area contributed by atoms with E-state index in [2.05, 4.69) is 10.6 Å². The molecular formula is C15H22ClFN2O2. The van der Waals surface area contributed by atoms with Gasteiger partial charge in [0.05, 0.1) is 11.8 Å². The number of ether oxygens (including phenoxy) is 1. The summed E-state index contributed by atoms with van der Waals surface area (Å²) in [4.78, 5) is 11.8. The van der Waals surface area contributed by atoms with Gasteiger partial charge in [-0.15, -0.1) is 12.4 Å². The molecule has 1 saturated heterocycles. The van der Waals surface area contributed by atoms with Gasteiger partial charge >= 0.3 is 0 Å². The van der Waals surface area contributed by atoms with Crippen molar-refractivity contribution in [3.63, 3.8) is 0 Å². The number of hydrogen-bond acceptors (Lipinski definition) is 3. The van der Waals surface area contributed by atoms with Crippen molar-refractivity contribution in [3.05, 3.63) is 24.0 Å². The van der Waals surface area contributed by atoms with Crippen molar-refractivity contribution in [2.24, 2.45) is 0 Å². The third kappa shape index (κ3) is 5.52. The van der Waals surface area contributed by atoms with Gasteiger partial charge in [-0.05, 0) is 45.4 Å². The van der Waals surface area contributed by atoms with Crippen molar-refractivity contribution >= 4 is 24.0 Å². The molecule has 1 atom stereocenters. The molecule has 1 unspecified atom stereocenters. The van der Waals surface area contributed by atoms with Crippen LogP contribution in [0.2, 0.25) is 0 Å². The predicted molar refractivity (Wildman–Crippen MR) is 83.7 cm³/mol. The highest BCUT2D eigenvalue weighted by Crippen LogP contribution is 2.22. The monoisotopic (exact) mass is 316 g/mol. The molecule has 0 bridgehead atoms. The maximum absolute atomic E-state index is 13.9. The number of rotatable bonds is 5. The van der Waals surface area contributed by atoms with Gasteiger partial charge in [-0.3, -0.25) is 4.79 Å². The van der Waals surface area contributed by atoms with Crippen molar-refractivity contribution in [2.45, 2.75) is 45.3 Å². The lowest BCUT2D eigenvalue weighted by Gasteiger charge is -2.13. The average Bonchev–Trinajstić information content (AvgIpc) is 2.84. The van der Waals surface area contributed by atoms with Crippen molar-refractivity contribution < 1.29 is 13.9 Å². The summed E-state index contributed by atoms with van der Waals surface area (Å²) in [5.41, 5.74) is 0.198. The maximum Gasteiger partial charge on any atom is 0.226 e. The van der Waals surface area contributed by atoms with Crippen LogP contribution in [0.4, 0.5) is 10.1 Å². The van der Waals surface area contributed by atoms with Crippen molar-refractivity contribution in [1.29, 1.82) is 0 Å². The lowest BCUT2D eigenvalue weighted by atomic mass is 10.1. The molecule has 2 rings (SSSR count). The van der Waals surface area contributed by atoms with Crippen LogP contribution in [0.15, 0.2) is 18.2 Å². The number of nitrogens with one attached hydrogen (secondary N) is 2. The minimum absolute atomic E-state index is 0. The topological polar surface area (TPSA) is 50.4 Å².